The molecule has 0 spiro atoms. The number of urea groups is 2. The average molecular weight is 542 g/mol. The Morgan fingerprint density at radius 1 is 1.03 bits per heavy atom. The summed E-state index contributed by atoms with van der Waals surface area (Å²) in [6, 6.07) is 6.81. The van der Waals surface area contributed by atoms with Crippen LogP contribution in [0, 0.1) is 11.6 Å². The third-order valence-corrected chi connectivity index (χ3v) is 7.72. The molecule has 0 unspecified atom stereocenters. The molecule has 5 rings (SSSR count). The van der Waals surface area contributed by atoms with Crippen LogP contribution in [0.4, 0.5) is 18.4 Å². The fourth-order valence-corrected chi connectivity index (χ4v) is 5.74. The van der Waals surface area contributed by atoms with Crippen LogP contribution in [-0.2, 0) is 0 Å². The van der Waals surface area contributed by atoms with Gasteiger partial charge in [0, 0.05) is 56.9 Å². The van der Waals surface area contributed by atoms with Crippen LogP contribution in [0.25, 0.3) is 11.2 Å². The van der Waals surface area contributed by atoms with E-state index in [2.05, 4.69) is 20.6 Å². The topological polar surface area (TPSA) is 115 Å². The number of nitrogens with one attached hydrogen (secondary N) is 3. The van der Waals surface area contributed by atoms with E-state index in [1.807, 2.05) is 13.0 Å². The minimum Gasteiger partial charge on any atom is -0.338 e. The molecule has 4 amide bonds. The Bertz CT molecular complexity index is 1400. The van der Waals surface area contributed by atoms with Gasteiger partial charge in [0.05, 0.1) is 5.52 Å². The highest BCUT2D eigenvalue weighted by atomic mass is 19.2. The molecule has 0 bridgehead atoms. The SMILES string of the molecule is CCNC(=O)N1C[C@H](NC(=O)N2CCC(n3c(=O)[nH]c4ncccc43)CC2)CC[C@@H](c2cccc(F)c2F)C1. The van der Waals surface area contributed by atoms with Crippen LogP contribution >= 0.6 is 0 Å². The number of pyridine rings is 1. The van der Waals surface area contributed by atoms with E-state index in [-0.39, 0.29) is 48.5 Å². The Labute approximate surface area is 224 Å². The predicted molar refractivity (Wildman–Crippen MR) is 141 cm³/mol. The van der Waals surface area contributed by atoms with Gasteiger partial charge in [-0.2, -0.15) is 0 Å². The molecule has 2 aliphatic rings. The zero-order chi connectivity index (χ0) is 27.5. The number of hydrogen-bond donors (Lipinski definition) is 3. The second-order valence-corrected chi connectivity index (χ2v) is 10.2. The van der Waals surface area contributed by atoms with Crippen molar-refractivity contribution in [1.29, 1.82) is 0 Å². The van der Waals surface area contributed by atoms with Crippen molar-refractivity contribution in [2.75, 3.05) is 32.7 Å². The first kappa shape index (κ1) is 26.6. The van der Waals surface area contributed by atoms with Crippen molar-refractivity contribution in [1.82, 2.24) is 35.0 Å². The molecule has 2 atom stereocenters. The summed E-state index contributed by atoms with van der Waals surface area (Å²) in [6.07, 6.45) is 3.86. The summed E-state index contributed by atoms with van der Waals surface area (Å²) in [5.74, 6) is -2.21. The normalized spacial score (nSPS) is 20.6. The van der Waals surface area contributed by atoms with Crippen molar-refractivity contribution >= 4 is 23.2 Å². The molecule has 3 aromatic rings. The number of fused-ring (bicyclic) bond motifs is 1. The smallest absolute Gasteiger partial charge is 0.327 e. The molecule has 2 aromatic heterocycles. The van der Waals surface area contributed by atoms with Gasteiger partial charge in [-0.25, -0.2) is 28.1 Å². The number of aromatic amines is 1. The number of carbonyl (C=O) groups is 2. The summed E-state index contributed by atoms with van der Waals surface area (Å²) < 4.78 is 30.2. The van der Waals surface area contributed by atoms with E-state index >= 15 is 0 Å². The molecule has 0 radical (unpaired) electrons. The number of hydrogen-bond acceptors (Lipinski definition) is 4. The summed E-state index contributed by atoms with van der Waals surface area (Å²) in [4.78, 5) is 48.8. The van der Waals surface area contributed by atoms with E-state index < -0.39 is 17.6 Å². The van der Waals surface area contributed by atoms with Crippen molar-refractivity contribution in [2.24, 2.45) is 0 Å². The highest BCUT2D eigenvalue weighted by molar-refractivity contribution is 5.76. The molecule has 2 saturated heterocycles. The van der Waals surface area contributed by atoms with Crippen molar-refractivity contribution in [3.63, 3.8) is 0 Å². The second kappa shape index (κ2) is 11.4. The molecule has 0 aliphatic carbocycles. The lowest BCUT2D eigenvalue weighted by molar-refractivity contribution is 0.163. The van der Waals surface area contributed by atoms with Gasteiger partial charge in [0.2, 0.25) is 0 Å². The zero-order valence-electron chi connectivity index (χ0n) is 21.8. The first-order valence-corrected chi connectivity index (χ1v) is 13.4. The molecule has 4 heterocycles. The molecule has 208 valence electrons. The molecule has 0 saturated carbocycles. The number of piperidine rings is 1. The number of H-pyrrole nitrogens is 1. The van der Waals surface area contributed by atoms with Crippen LogP contribution in [0.1, 0.15) is 50.1 Å². The van der Waals surface area contributed by atoms with Gasteiger partial charge in [-0.15, -0.1) is 0 Å². The predicted octanol–water partition coefficient (Wildman–Crippen LogP) is 3.33. The van der Waals surface area contributed by atoms with Crippen LogP contribution in [-0.4, -0.2) is 75.2 Å². The van der Waals surface area contributed by atoms with Crippen molar-refractivity contribution in [3.8, 4) is 0 Å². The number of halogens is 2. The van der Waals surface area contributed by atoms with Crippen molar-refractivity contribution in [3.05, 3.63) is 64.2 Å². The van der Waals surface area contributed by atoms with E-state index in [4.69, 9.17) is 0 Å². The summed E-state index contributed by atoms with van der Waals surface area (Å²) >= 11 is 0. The molecule has 2 fully saturated rings. The summed E-state index contributed by atoms with van der Waals surface area (Å²) in [5.41, 5.74) is 1.32. The number of aromatic nitrogens is 3. The van der Waals surface area contributed by atoms with Crippen molar-refractivity contribution < 1.29 is 18.4 Å². The highest BCUT2D eigenvalue weighted by Gasteiger charge is 2.32. The Morgan fingerprint density at radius 2 is 1.82 bits per heavy atom. The van der Waals surface area contributed by atoms with Gasteiger partial charge in [0.25, 0.3) is 0 Å². The molecule has 1 aromatic carbocycles. The van der Waals surface area contributed by atoms with Crippen LogP contribution in [0.5, 0.6) is 0 Å². The lowest BCUT2D eigenvalue weighted by Crippen LogP contribution is -2.52. The number of carbonyl (C=O) groups excluding carboxylic acids is 2. The molecule has 39 heavy (non-hydrogen) atoms. The van der Waals surface area contributed by atoms with E-state index in [1.165, 1.54) is 6.07 Å². The average Bonchev–Trinajstić information content (AvgIpc) is 3.12. The van der Waals surface area contributed by atoms with E-state index in [1.54, 1.807) is 32.7 Å². The maximum absolute atomic E-state index is 14.6. The molecular weight excluding hydrogens is 508 g/mol. The molecule has 2 aliphatic heterocycles. The number of imidazole rings is 1. The van der Waals surface area contributed by atoms with Gasteiger partial charge >= 0.3 is 17.8 Å². The Hall–Kier alpha value is -3.96. The van der Waals surface area contributed by atoms with Gasteiger partial charge in [0.1, 0.15) is 0 Å². The van der Waals surface area contributed by atoms with Crippen molar-refractivity contribution in [2.45, 2.75) is 50.6 Å². The van der Waals surface area contributed by atoms with Gasteiger partial charge in [-0.3, -0.25) is 9.55 Å². The fraction of sp³-hybridized carbons (Fsp3) is 0.481. The fourth-order valence-electron chi connectivity index (χ4n) is 5.74. The third-order valence-electron chi connectivity index (χ3n) is 7.72. The minimum absolute atomic E-state index is 0.0486. The molecular formula is C27H33F2N7O3. The van der Waals surface area contributed by atoms with E-state index in [0.29, 0.717) is 51.0 Å². The first-order valence-electron chi connectivity index (χ1n) is 13.4. The number of rotatable bonds is 4. The Balaban J connectivity index is 1.24. The zero-order valence-corrected chi connectivity index (χ0v) is 21.8. The second-order valence-electron chi connectivity index (χ2n) is 10.2. The first-order chi connectivity index (χ1) is 18.9. The number of nitrogens with zero attached hydrogens (tertiary/aromatic N) is 4. The molecule has 10 nitrogen and oxygen atoms in total. The van der Waals surface area contributed by atoms with Gasteiger partial charge < -0.3 is 20.4 Å². The van der Waals surface area contributed by atoms with Gasteiger partial charge in [0.15, 0.2) is 17.3 Å². The Morgan fingerprint density at radius 3 is 2.59 bits per heavy atom. The van der Waals surface area contributed by atoms with Gasteiger partial charge in [-0.1, -0.05) is 12.1 Å². The minimum atomic E-state index is -0.916. The van der Waals surface area contributed by atoms with Gasteiger partial charge in [-0.05, 0) is 56.4 Å². The van der Waals surface area contributed by atoms with E-state index in [0.717, 1.165) is 11.6 Å². The lowest BCUT2D eigenvalue weighted by Gasteiger charge is -2.34. The van der Waals surface area contributed by atoms with Crippen LogP contribution < -0.4 is 16.3 Å². The lowest BCUT2D eigenvalue weighted by atomic mass is 9.93. The Kier molecular flexibility index (Phi) is 7.80. The number of likely N-dealkylation sites (tertiary alicyclic amines) is 2. The maximum Gasteiger partial charge on any atom is 0.327 e. The van der Waals surface area contributed by atoms with Crippen LogP contribution in [0.3, 0.4) is 0 Å². The third kappa shape index (κ3) is 5.59. The largest absolute Gasteiger partial charge is 0.338 e. The number of amides is 4. The summed E-state index contributed by atoms with van der Waals surface area (Å²) in [5, 5.41) is 5.83. The summed E-state index contributed by atoms with van der Waals surface area (Å²) in [7, 11) is 0. The molecule has 12 heteroatoms. The highest BCUT2D eigenvalue weighted by Crippen LogP contribution is 2.30. The monoisotopic (exact) mass is 541 g/mol. The number of benzene rings is 1. The maximum atomic E-state index is 14.6. The summed E-state index contributed by atoms with van der Waals surface area (Å²) in [6.45, 7) is 3.66. The quantitative estimate of drug-likeness (QED) is 0.470. The van der Waals surface area contributed by atoms with Crippen LogP contribution in [0.2, 0.25) is 0 Å². The van der Waals surface area contributed by atoms with Crippen LogP contribution in [0.15, 0.2) is 41.3 Å². The standard InChI is InChI=1S/C27H33F2N7O3/c1-2-30-25(37)35-15-17(20-5-3-6-21(28)23(20)29)8-9-18(16-35)32-26(38)34-13-10-19(11-14-34)36-22-7-4-12-31-24(22)33-27(36)39/h3-7,12,17-19H,2,8-11,13-16H2,1H3,(H,30,37)(H,32,38)(H,31,33,39)/t17-,18-/m1/s1. The molecule has 3 N–H and O–H groups in total. The van der Waals surface area contributed by atoms with E-state index in [9.17, 15) is 23.2 Å².